The van der Waals surface area contributed by atoms with Crippen molar-refractivity contribution in [2.75, 3.05) is 34.4 Å². The number of ether oxygens (including phenoxy) is 2. The van der Waals surface area contributed by atoms with E-state index in [0.29, 0.717) is 13.2 Å². The van der Waals surface area contributed by atoms with E-state index in [9.17, 15) is 4.79 Å². The van der Waals surface area contributed by atoms with Crippen molar-refractivity contribution in [1.29, 1.82) is 0 Å². The molecule has 0 spiro atoms. The molecule has 0 bridgehead atoms. The summed E-state index contributed by atoms with van der Waals surface area (Å²) in [6, 6.07) is 9.43. The van der Waals surface area contributed by atoms with E-state index in [1.165, 1.54) is 7.11 Å². The van der Waals surface area contributed by atoms with Gasteiger partial charge in [0.25, 0.3) is 0 Å². The van der Waals surface area contributed by atoms with Crippen molar-refractivity contribution in [2.24, 2.45) is 5.73 Å². The molecule has 2 N–H and O–H groups in total. The fourth-order valence-electron chi connectivity index (χ4n) is 2.11. The van der Waals surface area contributed by atoms with Gasteiger partial charge >= 0.3 is 5.97 Å². The van der Waals surface area contributed by atoms with Gasteiger partial charge in [-0.3, -0.25) is 4.90 Å². The standard InChI is InChI=1S/C15H24N2O3/c1-12(10-19-3)17(2)11-15(16,14(18)20-4)13-8-6-5-7-9-13/h5-9,12H,10-11,16H2,1-4H3. The highest BCUT2D eigenvalue weighted by Gasteiger charge is 2.39. The normalized spacial score (nSPS) is 15.7. The number of carbonyl (C=O) groups excluding carboxylic acids is 1. The second-order valence-corrected chi connectivity index (χ2v) is 5.05. The van der Waals surface area contributed by atoms with Crippen LogP contribution in [-0.2, 0) is 19.8 Å². The lowest BCUT2D eigenvalue weighted by molar-refractivity contribution is -0.148. The van der Waals surface area contributed by atoms with E-state index in [1.807, 2.05) is 49.2 Å². The molecule has 0 aliphatic heterocycles. The molecule has 20 heavy (non-hydrogen) atoms. The van der Waals surface area contributed by atoms with Crippen LogP contribution in [0.5, 0.6) is 0 Å². The first-order valence-corrected chi connectivity index (χ1v) is 6.57. The van der Waals surface area contributed by atoms with Crippen LogP contribution in [0.2, 0.25) is 0 Å². The second kappa shape index (κ2) is 7.38. The van der Waals surface area contributed by atoms with Crippen LogP contribution in [0.4, 0.5) is 0 Å². The first kappa shape index (κ1) is 16.6. The predicted molar refractivity (Wildman–Crippen MR) is 78.3 cm³/mol. The Bertz CT molecular complexity index is 424. The maximum Gasteiger partial charge on any atom is 0.331 e. The third-order valence-corrected chi connectivity index (χ3v) is 3.50. The van der Waals surface area contributed by atoms with E-state index in [2.05, 4.69) is 0 Å². The Hall–Kier alpha value is -1.43. The molecule has 0 radical (unpaired) electrons. The van der Waals surface area contributed by atoms with Crippen LogP contribution in [0.25, 0.3) is 0 Å². The van der Waals surface area contributed by atoms with Crippen LogP contribution < -0.4 is 5.73 Å². The molecule has 0 saturated carbocycles. The molecule has 0 saturated heterocycles. The summed E-state index contributed by atoms with van der Waals surface area (Å²) in [5, 5.41) is 0. The number of hydrogen-bond donors (Lipinski definition) is 1. The monoisotopic (exact) mass is 280 g/mol. The second-order valence-electron chi connectivity index (χ2n) is 5.05. The molecule has 0 heterocycles. The molecule has 1 aromatic rings. The summed E-state index contributed by atoms with van der Waals surface area (Å²) >= 11 is 0. The van der Waals surface area contributed by atoms with E-state index >= 15 is 0 Å². The Labute approximate surface area is 120 Å². The van der Waals surface area contributed by atoms with Gasteiger partial charge < -0.3 is 15.2 Å². The topological polar surface area (TPSA) is 64.8 Å². The van der Waals surface area contributed by atoms with Crippen LogP contribution >= 0.6 is 0 Å². The number of methoxy groups -OCH3 is 2. The molecular weight excluding hydrogens is 256 g/mol. The van der Waals surface area contributed by atoms with Gasteiger partial charge in [-0.25, -0.2) is 4.79 Å². The van der Waals surface area contributed by atoms with Gasteiger partial charge in [0.15, 0.2) is 5.54 Å². The van der Waals surface area contributed by atoms with Gasteiger partial charge in [-0.05, 0) is 19.5 Å². The molecule has 0 fully saturated rings. The molecule has 0 aliphatic carbocycles. The molecule has 0 aromatic heterocycles. The quantitative estimate of drug-likeness (QED) is 0.754. The van der Waals surface area contributed by atoms with Crippen molar-refractivity contribution >= 4 is 5.97 Å². The Balaban J connectivity index is 2.99. The van der Waals surface area contributed by atoms with Crippen LogP contribution in [0.15, 0.2) is 30.3 Å². The van der Waals surface area contributed by atoms with Gasteiger partial charge in [-0.15, -0.1) is 0 Å². The van der Waals surface area contributed by atoms with Crippen molar-refractivity contribution in [2.45, 2.75) is 18.5 Å². The van der Waals surface area contributed by atoms with Gasteiger partial charge in [0, 0.05) is 19.7 Å². The predicted octanol–water partition coefficient (Wildman–Crippen LogP) is 0.980. The largest absolute Gasteiger partial charge is 0.467 e. The molecule has 2 unspecified atom stereocenters. The van der Waals surface area contributed by atoms with Crippen molar-refractivity contribution in [3.05, 3.63) is 35.9 Å². The van der Waals surface area contributed by atoms with Gasteiger partial charge in [0.2, 0.25) is 0 Å². The first-order chi connectivity index (χ1) is 9.45. The fourth-order valence-corrected chi connectivity index (χ4v) is 2.11. The summed E-state index contributed by atoms with van der Waals surface area (Å²) in [5.41, 5.74) is 5.90. The molecular formula is C15H24N2O3. The highest BCUT2D eigenvalue weighted by Crippen LogP contribution is 2.21. The van der Waals surface area contributed by atoms with Crippen molar-refractivity contribution in [1.82, 2.24) is 4.90 Å². The van der Waals surface area contributed by atoms with Crippen LogP contribution in [-0.4, -0.2) is 51.3 Å². The number of benzene rings is 1. The smallest absolute Gasteiger partial charge is 0.331 e. The summed E-state index contributed by atoms with van der Waals surface area (Å²) in [4.78, 5) is 14.1. The van der Waals surface area contributed by atoms with E-state index in [4.69, 9.17) is 15.2 Å². The minimum Gasteiger partial charge on any atom is -0.467 e. The number of carbonyl (C=O) groups is 1. The zero-order valence-corrected chi connectivity index (χ0v) is 12.6. The lowest BCUT2D eigenvalue weighted by atomic mass is 9.90. The molecule has 0 aliphatic rings. The zero-order chi connectivity index (χ0) is 15.2. The van der Waals surface area contributed by atoms with Gasteiger partial charge in [-0.2, -0.15) is 0 Å². The lowest BCUT2D eigenvalue weighted by Crippen LogP contribution is -2.55. The summed E-state index contributed by atoms with van der Waals surface area (Å²) in [5.74, 6) is -0.444. The van der Waals surface area contributed by atoms with Crippen molar-refractivity contribution in [3.8, 4) is 0 Å². The van der Waals surface area contributed by atoms with Gasteiger partial charge in [-0.1, -0.05) is 30.3 Å². The first-order valence-electron chi connectivity index (χ1n) is 6.57. The minimum absolute atomic E-state index is 0.149. The summed E-state index contributed by atoms with van der Waals surface area (Å²) < 4.78 is 10.0. The molecule has 1 aromatic carbocycles. The summed E-state index contributed by atoms with van der Waals surface area (Å²) in [6.45, 7) is 2.95. The third kappa shape index (κ3) is 3.79. The van der Waals surface area contributed by atoms with Gasteiger partial charge in [0.05, 0.1) is 13.7 Å². The molecule has 5 nitrogen and oxygen atoms in total. The van der Waals surface area contributed by atoms with Gasteiger partial charge in [0.1, 0.15) is 0 Å². The Morgan fingerprint density at radius 3 is 2.45 bits per heavy atom. The number of nitrogens with two attached hydrogens (primary N) is 1. The Morgan fingerprint density at radius 2 is 1.95 bits per heavy atom. The lowest BCUT2D eigenvalue weighted by Gasteiger charge is -2.34. The molecule has 2 atom stereocenters. The number of nitrogens with zero attached hydrogens (tertiary/aromatic N) is 1. The number of esters is 1. The average molecular weight is 280 g/mol. The fraction of sp³-hybridized carbons (Fsp3) is 0.533. The van der Waals surface area contributed by atoms with E-state index < -0.39 is 11.5 Å². The number of rotatable bonds is 7. The average Bonchev–Trinajstić information content (AvgIpc) is 2.47. The molecule has 5 heteroatoms. The Kier molecular flexibility index (Phi) is 6.13. The summed E-state index contributed by atoms with van der Waals surface area (Å²) in [7, 11) is 4.92. The van der Waals surface area contributed by atoms with Crippen LogP contribution in [0.1, 0.15) is 12.5 Å². The number of likely N-dealkylation sites (N-methyl/N-ethyl adjacent to an activating group) is 1. The number of hydrogen-bond acceptors (Lipinski definition) is 5. The highest BCUT2D eigenvalue weighted by atomic mass is 16.5. The van der Waals surface area contributed by atoms with Crippen molar-refractivity contribution < 1.29 is 14.3 Å². The zero-order valence-electron chi connectivity index (χ0n) is 12.6. The van der Waals surface area contributed by atoms with Crippen LogP contribution in [0.3, 0.4) is 0 Å². The highest BCUT2D eigenvalue weighted by molar-refractivity contribution is 5.82. The van der Waals surface area contributed by atoms with E-state index in [0.717, 1.165) is 5.56 Å². The maximum absolute atomic E-state index is 12.1. The van der Waals surface area contributed by atoms with Crippen molar-refractivity contribution in [3.63, 3.8) is 0 Å². The van der Waals surface area contributed by atoms with E-state index in [-0.39, 0.29) is 6.04 Å². The van der Waals surface area contributed by atoms with Crippen LogP contribution in [0, 0.1) is 0 Å². The summed E-state index contributed by atoms with van der Waals surface area (Å²) in [6.07, 6.45) is 0. The van der Waals surface area contributed by atoms with E-state index in [1.54, 1.807) is 7.11 Å². The minimum atomic E-state index is -1.19. The molecule has 1 rings (SSSR count). The molecule has 112 valence electrons. The third-order valence-electron chi connectivity index (χ3n) is 3.50. The SMILES string of the molecule is COCC(C)N(C)CC(N)(C(=O)OC)c1ccccc1. The maximum atomic E-state index is 12.1. The Morgan fingerprint density at radius 1 is 1.35 bits per heavy atom. The molecule has 0 amide bonds.